The maximum Gasteiger partial charge on any atom is 0.272 e. The van der Waals surface area contributed by atoms with Crippen molar-refractivity contribution in [2.75, 3.05) is 6.54 Å². The molecule has 1 aromatic heterocycles. The Morgan fingerprint density at radius 1 is 1.47 bits per heavy atom. The van der Waals surface area contributed by atoms with E-state index in [1.54, 1.807) is 25.6 Å². The molecule has 0 spiro atoms. The van der Waals surface area contributed by atoms with Crippen molar-refractivity contribution in [1.29, 1.82) is 5.26 Å². The van der Waals surface area contributed by atoms with E-state index >= 15 is 0 Å². The fraction of sp³-hybridized carbons (Fsp3) is 0.357. The molecule has 0 atom stereocenters. The maximum absolute atomic E-state index is 12.1. The number of nitrogens with one attached hydrogen (secondary N) is 1. The zero-order valence-electron chi connectivity index (χ0n) is 11.3. The highest BCUT2D eigenvalue weighted by Gasteiger charge is 2.20. The second-order valence-corrected chi connectivity index (χ2v) is 5.17. The normalized spacial score (nSPS) is 11.3. The number of carbonyl (C=O) groups is 1. The van der Waals surface area contributed by atoms with Gasteiger partial charge in [-0.1, -0.05) is 18.2 Å². The summed E-state index contributed by atoms with van der Waals surface area (Å²) < 4.78 is 1.68. The Bertz CT molecular complexity index is 664. The second kappa shape index (κ2) is 4.73. The van der Waals surface area contributed by atoms with Gasteiger partial charge < -0.3 is 5.32 Å². The third-order valence-electron chi connectivity index (χ3n) is 2.97. The van der Waals surface area contributed by atoms with Gasteiger partial charge >= 0.3 is 0 Å². The van der Waals surface area contributed by atoms with Crippen LogP contribution < -0.4 is 5.32 Å². The highest BCUT2D eigenvalue weighted by Crippen LogP contribution is 2.18. The smallest absolute Gasteiger partial charge is 0.272 e. The number of nitriles is 1. The van der Waals surface area contributed by atoms with Crippen LogP contribution in [0.5, 0.6) is 0 Å². The zero-order valence-corrected chi connectivity index (χ0v) is 11.3. The Hall–Kier alpha value is -2.35. The summed E-state index contributed by atoms with van der Waals surface area (Å²) in [6, 6.07) is 9.72. The number of benzene rings is 1. The van der Waals surface area contributed by atoms with Gasteiger partial charge in [0.05, 0.1) is 17.0 Å². The first-order chi connectivity index (χ1) is 8.94. The van der Waals surface area contributed by atoms with Crippen LogP contribution in [0.15, 0.2) is 24.3 Å². The van der Waals surface area contributed by atoms with Gasteiger partial charge in [0.1, 0.15) is 0 Å². The molecule has 0 aliphatic heterocycles. The van der Waals surface area contributed by atoms with Gasteiger partial charge in [-0.2, -0.15) is 10.4 Å². The summed E-state index contributed by atoms with van der Waals surface area (Å²) >= 11 is 0. The van der Waals surface area contributed by atoms with Gasteiger partial charge in [-0.05, 0) is 19.9 Å². The summed E-state index contributed by atoms with van der Waals surface area (Å²) in [7, 11) is 1.80. The third kappa shape index (κ3) is 2.58. The van der Waals surface area contributed by atoms with Crippen LogP contribution in [0.4, 0.5) is 0 Å². The standard InChI is InChI=1S/C14H16N4O/c1-14(2,8-15)9-16-13(19)12-10-6-4-5-7-11(10)18(3)17-12/h4-7H,9H2,1-3H3,(H,16,19). The van der Waals surface area contributed by atoms with Crippen LogP contribution in [0.25, 0.3) is 10.9 Å². The van der Waals surface area contributed by atoms with E-state index < -0.39 is 5.41 Å². The number of fused-ring (bicyclic) bond motifs is 1. The zero-order chi connectivity index (χ0) is 14.0. The van der Waals surface area contributed by atoms with E-state index in [0.29, 0.717) is 12.2 Å². The molecule has 2 aromatic rings. The van der Waals surface area contributed by atoms with Crippen molar-refractivity contribution in [2.45, 2.75) is 13.8 Å². The van der Waals surface area contributed by atoms with E-state index in [4.69, 9.17) is 5.26 Å². The van der Waals surface area contributed by atoms with Crippen molar-refractivity contribution in [1.82, 2.24) is 15.1 Å². The van der Waals surface area contributed by atoms with Gasteiger partial charge in [0.2, 0.25) is 0 Å². The molecule has 0 saturated carbocycles. The van der Waals surface area contributed by atoms with E-state index in [-0.39, 0.29) is 5.91 Å². The van der Waals surface area contributed by atoms with Gasteiger partial charge in [0.15, 0.2) is 5.69 Å². The monoisotopic (exact) mass is 256 g/mol. The fourth-order valence-electron chi connectivity index (χ4n) is 1.81. The van der Waals surface area contributed by atoms with Crippen LogP contribution in [0.1, 0.15) is 24.3 Å². The minimum Gasteiger partial charge on any atom is -0.349 e. The van der Waals surface area contributed by atoms with E-state index in [9.17, 15) is 4.79 Å². The second-order valence-electron chi connectivity index (χ2n) is 5.17. The topological polar surface area (TPSA) is 70.7 Å². The van der Waals surface area contributed by atoms with E-state index in [2.05, 4.69) is 16.5 Å². The molecule has 1 aromatic carbocycles. The molecule has 0 saturated heterocycles. The van der Waals surface area contributed by atoms with E-state index in [1.165, 1.54) is 0 Å². The minimum absolute atomic E-state index is 0.250. The molecule has 5 nitrogen and oxygen atoms in total. The first-order valence-corrected chi connectivity index (χ1v) is 6.06. The Kier molecular flexibility index (Phi) is 3.26. The van der Waals surface area contributed by atoms with Gasteiger partial charge in [-0.25, -0.2) is 0 Å². The third-order valence-corrected chi connectivity index (χ3v) is 2.97. The van der Waals surface area contributed by atoms with Crippen molar-refractivity contribution in [3.05, 3.63) is 30.0 Å². The van der Waals surface area contributed by atoms with Gasteiger partial charge in [-0.3, -0.25) is 9.48 Å². The quantitative estimate of drug-likeness (QED) is 0.911. The van der Waals surface area contributed by atoms with Crippen LogP contribution in [-0.2, 0) is 7.05 Å². The number of hydrogen-bond donors (Lipinski definition) is 1. The number of rotatable bonds is 3. The van der Waals surface area contributed by atoms with Crippen molar-refractivity contribution in [2.24, 2.45) is 12.5 Å². The van der Waals surface area contributed by atoms with Crippen LogP contribution in [0.2, 0.25) is 0 Å². The highest BCUT2D eigenvalue weighted by atomic mass is 16.1. The van der Waals surface area contributed by atoms with Crippen LogP contribution in [-0.4, -0.2) is 22.2 Å². The lowest BCUT2D eigenvalue weighted by Crippen LogP contribution is -2.33. The SMILES string of the molecule is Cn1nc(C(=O)NCC(C)(C)C#N)c2ccccc21. The number of carbonyl (C=O) groups excluding carboxylic acids is 1. The lowest BCUT2D eigenvalue weighted by atomic mass is 9.96. The maximum atomic E-state index is 12.1. The van der Waals surface area contributed by atoms with Gasteiger partial charge in [0, 0.05) is 19.0 Å². The van der Waals surface area contributed by atoms with Crippen LogP contribution in [0, 0.1) is 16.7 Å². The first kappa shape index (κ1) is 13.1. The Labute approximate surface area is 111 Å². The molecule has 0 aliphatic carbocycles. The highest BCUT2D eigenvalue weighted by molar-refractivity contribution is 6.04. The van der Waals surface area contributed by atoms with Crippen molar-refractivity contribution in [3.63, 3.8) is 0 Å². The number of aryl methyl sites for hydroxylation is 1. The van der Waals surface area contributed by atoms with Gasteiger partial charge in [0.25, 0.3) is 5.91 Å². The molecule has 0 bridgehead atoms. The number of para-hydroxylation sites is 1. The summed E-state index contributed by atoms with van der Waals surface area (Å²) in [5.74, 6) is -0.250. The van der Waals surface area contributed by atoms with Crippen molar-refractivity contribution < 1.29 is 4.79 Å². The lowest BCUT2D eigenvalue weighted by molar-refractivity contribution is 0.0939. The van der Waals surface area contributed by atoms with Crippen molar-refractivity contribution >= 4 is 16.8 Å². The fourth-order valence-corrected chi connectivity index (χ4v) is 1.81. The molecular weight excluding hydrogens is 240 g/mol. The molecule has 1 heterocycles. The number of nitrogens with zero attached hydrogens (tertiary/aromatic N) is 3. The number of amides is 1. The molecule has 98 valence electrons. The minimum atomic E-state index is -0.583. The van der Waals surface area contributed by atoms with Crippen LogP contribution in [0.3, 0.4) is 0 Å². The van der Waals surface area contributed by atoms with Gasteiger partial charge in [-0.15, -0.1) is 0 Å². The summed E-state index contributed by atoms with van der Waals surface area (Å²) in [4.78, 5) is 12.1. The lowest BCUT2D eigenvalue weighted by Gasteiger charge is -2.15. The average molecular weight is 256 g/mol. The summed E-state index contributed by atoms with van der Waals surface area (Å²) in [6.45, 7) is 3.86. The summed E-state index contributed by atoms with van der Waals surface area (Å²) in [5, 5.41) is 16.7. The average Bonchev–Trinajstić information content (AvgIpc) is 2.74. The number of aromatic nitrogens is 2. The predicted octanol–water partition coefficient (Wildman–Crippen LogP) is 1.85. The molecule has 0 radical (unpaired) electrons. The molecular formula is C14H16N4O. The first-order valence-electron chi connectivity index (χ1n) is 6.06. The molecule has 0 fully saturated rings. The molecule has 1 amide bonds. The molecule has 0 unspecified atom stereocenters. The number of hydrogen-bond acceptors (Lipinski definition) is 3. The predicted molar refractivity (Wildman–Crippen MR) is 72.4 cm³/mol. The van der Waals surface area contributed by atoms with Crippen molar-refractivity contribution in [3.8, 4) is 6.07 Å². The Morgan fingerprint density at radius 2 is 2.16 bits per heavy atom. The van der Waals surface area contributed by atoms with Crippen LogP contribution >= 0.6 is 0 Å². The van der Waals surface area contributed by atoms with E-state index in [1.807, 2.05) is 24.3 Å². The Balaban J connectivity index is 2.26. The largest absolute Gasteiger partial charge is 0.349 e. The molecule has 5 heteroatoms. The Morgan fingerprint density at radius 3 is 2.84 bits per heavy atom. The summed E-state index contributed by atoms with van der Waals surface area (Å²) in [5.41, 5.74) is 0.722. The van der Waals surface area contributed by atoms with E-state index in [0.717, 1.165) is 10.9 Å². The molecule has 1 N–H and O–H groups in total. The molecule has 19 heavy (non-hydrogen) atoms. The molecule has 2 rings (SSSR count). The summed E-state index contributed by atoms with van der Waals surface area (Å²) in [6.07, 6.45) is 0. The molecule has 0 aliphatic rings.